The van der Waals surface area contributed by atoms with Gasteiger partial charge in [0, 0.05) is 19.2 Å². The lowest BCUT2D eigenvalue weighted by Gasteiger charge is -2.35. The van der Waals surface area contributed by atoms with Crippen LogP contribution in [0.25, 0.3) is 0 Å². The molecule has 1 amide bonds. The number of carbonyl (C=O) groups is 2. The van der Waals surface area contributed by atoms with Crippen molar-refractivity contribution >= 4 is 17.6 Å². The molecule has 0 saturated heterocycles. The molecular weight excluding hydrogens is 278 g/mol. The molecule has 2 aromatic rings. The van der Waals surface area contributed by atoms with E-state index in [0.29, 0.717) is 12.0 Å². The van der Waals surface area contributed by atoms with Crippen LogP contribution in [0.15, 0.2) is 54.6 Å². The first-order valence-corrected chi connectivity index (χ1v) is 7.16. The van der Waals surface area contributed by atoms with Crippen molar-refractivity contribution in [2.75, 3.05) is 11.9 Å². The van der Waals surface area contributed by atoms with E-state index in [9.17, 15) is 9.59 Å². The van der Waals surface area contributed by atoms with Gasteiger partial charge in [-0.15, -0.1) is 0 Å². The molecule has 0 aliphatic carbocycles. The van der Waals surface area contributed by atoms with Crippen molar-refractivity contribution in [3.63, 3.8) is 0 Å². The number of amides is 1. The Balaban J connectivity index is 1.91. The number of hydrogen-bond acceptors (Lipinski definition) is 3. The second kappa shape index (κ2) is 5.30. The van der Waals surface area contributed by atoms with Gasteiger partial charge in [-0.05, 0) is 30.7 Å². The molecule has 4 nitrogen and oxygen atoms in total. The molecule has 0 aromatic heterocycles. The Hall–Kier alpha value is -2.62. The molecule has 0 N–H and O–H groups in total. The van der Waals surface area contributed by atoms with Crippen LogP contribution < -0.4 is 4.90 Å². The van der Waals surface area contributed by atoms with Crippen LogP contribution in [0.3, 0.4) is 0 Å². The van der Waals surface area contributed by atoms with Crippen molar-refractivity contribution < 1.29 is 14.3 Å². The molecular formula is C18H17NO3. The fourth-order valence-corrected chi connectivity index (χ4v) is 2.78. The predicted octanol–water partition coefficient (Wildman–Crippen LogP) is 2.82. The van der Waals surface area contributed by atoms with E-state index in [1.54, 1.807) is 26.1 Å². The van der Waals surface area contributed by atoms with E-state index in [1.807, 2.05) is 42.5 Å². The molecule has 1 aliphatic heterocycles. The Morgan fingerprint density at radius 1 is 1.09 bits per heavy atom. The highest BCUT2D eigenvalue weighted by atomic mass is 16.6. The Kier molecular flexibility index (Phi) is 3.45. The van der Waals surface area contributed by atoms with Gasteiger partial charge in [-0.3, -0.25) is 4.79 Å². The maximum Gasteiger partial charge on any atom is 0.339 e. The van der Waals surface area contributed by atoms with Crippen LogP contribution in [0.1, 0.15) is 22.8 Å². The number of cyclic esters (lactones) is 1. The Morgan fingerprint density at radius 2 is 1.73 bits per heavy atom. The van der Waals surface area contributed by atoms with Crippen molar-refractivity contribution in [3.05, 3.63) is 65.7 Å². The summed E-state index contributed by atoms with van der Waals surface area (Å²) in [5.74, 6) is -0.680. The SMILES string of the molecule is CN(C(=O)C1(C)Cc2ccccc2C(=O)O1)c1ccccc1. The first-order chi connectivity index (χ1) is 10.5. The van der Waals surface area contributed by atoms with Crippen LogP contribution in [0, 0.1) is 0 Å². The molecule has 1 aliphatic rings. The van der Waals surface area contributed by atoms with Crippen LogP contribution in [0.2, 0.25) is 0 Å². The maximum absolute atomic E-state index is 12.8. The van der Waals surface area contributed by atoms with Gasteiger partial charge in [-0.25, -0.2) is 4.79 Å². The van der Waals surface area contributed by atoms with E-state index in [1.165, 1.54) is 4.90 Å². The number of fused-ring (bicyclic) bond motifs is 1. The fourth-order valence-electron chi connectivity index (χ4n) is 2.78. The second-order valence-corrected chi connectivity index (χ2v) is 5.65. The molecule has 3 rings (SSSR count). The van der Waals surface area contributed by atoms with Gasteiger partial charge >= 0.3 is 5.97 Å². The Bertz CT molecular complexity index is 726. The van der Waals surface area contributed by atoms with Gasteiger partial charge in [0.05, 0.1) is 5.56 Å². The third-order valence-electron chi connectivity index (χ3n) is 3.98. The standard InChI is InChI=1S/C18H17NO3/c1-18(17(21)19(2)14-9-4-3-5-10-14)12-13-8-6-7-11-15(13)16(20)22-18/h3-11H,12H2,1-2H3. The molecule has 1 atom stereocenters. The maximum atomic E-state index is 12.8. The van der Waals surface area contributed by atoms with E-state index in [0.717, 1.165) is 11.3 Å². The molecule has 0 radical (unpaired) electrons. The summed E-state index contributed by atoms with van der Waals surface area (Å²) in [6, 6.07) is 16.6. The average Bonchev–Trinajstić information content (AvgIpc) is 2.54. The minimum Gasteiger partial charge on any atom is -0.445 e. The highest BCUT2D eigenvalue weighted by molar-refractivity contribution is 6.03. The van der Waals surface area contributed by atoms with E-state index >= 15 is 0 Å². The summed E-state index contributed by atoms with van der Waals surface area (Å²) in [6.07, 6.45) is 0.380. The highest BCUT2D eigenvalue weighted by Gasteiger charge is 2.44. The number of rotatable bonds is 2. The van der Waals surface area contributed by atoms with Gasteiger partial charge in [-0.2, -0.15) is 0 Å². The minimum absolute atomic E-state index is 0.235. The number of benzene rings is 2. The Morgan fingerprint density at radius 3 is 2.45 bits per heavy atom. The Labute approximate surface area is 129 Å². The summed E-state index contributed by atoms with van der Waals surface area (Å²) in [6.45, 7) is 1.67. The predicted molar refractivity (Wildman–Crippen MR) is 83.8 cm³/mol. The molecule has 1 heterocycles. The molecule has 0 fully saturated rings. The molecule has 22 heavy (non-hydrogen) atoms. The van der Waals surface area contributed by atoms with E-state index in [4.69, 9.17) is 4.74 Å². The van der Waals surface area contributed by atoms with Gasteiger partial charge in [0.15, 0.2) is 5.60 Å². The van der Waals surface area contributed by atoms with Gasteiger partial charge < -0.3 is 9.64 Å². The normalized spacial score (nSPS) is 20.0. The monoisotopic (exact) mass is 295 g/mol. The third-order valence-corrected chi connectivity index (χ3v) is 3.98. The number of anilines is 1. The lowest BCUT2D eigenvalue weighted by Crippen LogP contribution is -2.52. The summed E-state index contributed by atoms with van der Waals surface area (Å²) in [7, 11) is 1.69. The minimum atomic E-state index is -1.18. The molecule has 0 saturated carbocycles. The van der Waals surface area contributed by atoms with Gasteiger partial charge in [0.2, 0.25) is 0 Å². The molecule has 0 bridgehead atoms. The number of ether oxygens (including phenoxy) is 1. The zero-order chi connectivity index (χ0) is 15.7. The number of esters is 1. The fraction of sp³-hybridized carbons (Fsp3) is 0.222. The summed E-state index contributed by atoms with van der Waals surface area (Å²) in [5, 5.41) is 0. The zero-order valence-corrected chi connectivity index (χ0v) is 12.6. The molecule has 4 heteroatoms. The van der Waals surface area contributed by atoms with Gasteiger partial charge in [0.1, 0.15) is 0 Å². The number of para-hydroxylation sites is 1. The smallest absolute Gasteiger partial charge is 0.339 e. The van der Waals surface area contributed by atoms with Crippen LogP contribution >= 0.6 is 0 Å². The first-order valence-electron chi connectivity index (χ1n) is 7.16. The van der Waals surface area contributed by atoms with Gasteiger partial charge in [0.25, 0.3) is 5.91 Å². The van der Waals surface area contributed by atoms with Crippen LogP contribution in [-0.4, -0.2) is 24.5 Å². The largest absolute Gasteiger partial charge is 0.445 e. The number of carbonyl (C=O) groups excluding carboxylic acids is 2. The number of likely N-dealkylation sites (N-methyl/N-ethyl adjacent to an activating group) is 1. The van der Waals surface area contributed by atoms with Crippen molar-refractivity contribution in [3.8, 4) is 0 Å². The lowest BCUT2D eigenvalue weighted by molar-refractivity contribution is -0.136. The summed E-state index contributed by atoms with van der Waals surface area (Å²) < 4.78 is 5.47. The molecule has 1 unspecified atom stereocenters. The topological polar surface area (TPSA) is 46.6 Å². The molecule has 112 valence electrons. The summed E-state index contributed by atoms with van der Waals surface area (Å²) in [4.78, 5) is 26.5. The number of hydrogen-bond donors (Lipinski definition) is 0. The first kappa shape index (κ1) is 14.3. The summed E-state index contributed by atoms with van der Waals surface area (Å²) in [5.41, 5.74) is 0.963. The van der Waals surface area contributed by atoms with Crippen molar-refractivity contribution in [2.24, 2.45) is 0 Å². The highest BCUT2D eigenvalue weighted by Crippen LogP contribution is 2.30. The quantitative estimate of drug-likeness (QED) is 0.800. The van der Waals surface area contributed by atoms with Crippen LogP contribution in [0.4, 0.5) is 5.69 Å². The molecule has 0 spiro atoms. The third kappa shape index (κ3) is 2.37. The average molecular weight is 295 g/mol. The second-order valence-electron chi connectivity index (χ2n) is 5.65. The van der Waals surface area contributed by atoms with E-state index in [-0.39, 0.29) is 5.91 Å². The van der Waals surface area contributed by atoms with E-state index in [2.05, 4.69) is 0 Å². The van der Waals surface area contributed by atoms with Crippen molar-refractivity contribution in [1.29, 1.82) is 0 Å². The summed E-state index contributed by atoms with van der Waals surface area (Å²) >= 11 is 0. The van der Waals surface area contributed by atoms with Crippen LogP contribution in [-0.2, 0) is 16.0 Å². The number of nitrogens with zero attached hydrogens (tertiary/aromatic N) is 1. The van der Waals surface area contributed by atoms with E-state index < -0.39 is 11.6 Å². The van der Waals surface area contributed by atoms with Gasteiger partial charge in [-0.1, -0.05) is 36.4 Å². The molecule has 2 aromatic carbocycles. The van der Waals surface area contributed by atoms with Crippen LogP contribution in [0.5, 0.6) is 0 Å². The van der Waals surface area contributed by atoms with Crippen molar-refractivity contribution in [2.45, 2.75) is 18.9 Å². The lowest BCUT2D eigenvalue weighted by atomic mass is 9.89. The zero-order valence-electron chi connectivity index (χ0n) is 12.6. The van der Waals surface area contributed by atoms with Crippen molar-refractivity contribution in [1.82, 2.24) is 0 Å².